The highest BCUT2D eigenvalue weighted by Gasteiger charge is 2.25. The van der Waals surface area contributed by atoms with Crippen LogP contribution in [-0.4, -0.2) is 47.5 Å². The fourth-order valence-corrected chi connectivity index (χ4v) is 3.97. The zero-order valence-electron chi connectivity index (χ0n) is 14.4. The molecular weight excluding hydrogens is 300 g/mol. The Kier molecular flexibility index (Phi) is 4.22. The molecule has 4 rings (SSSR count). The second kappa shape index (κ2) is 6.51. The van der Waals surface area contributed by atoms with Crippen LogP contribution in [0.2, 0.25) is 0 Å². The summed E-state index contributed by atoms with van der Waals surface area (Å²) in [6.45, 7) is 9.76. The van der Waals surface area contributed by atoms with E-state index < -0.39 is 0 Å². The van der Waals surface area contributed by atoms with E-state index in [1.807, 2.05) is 4.52 Å². The predicted molar refractivity (Wildman–Crippen MR) is 97.1 cm³/mol. The van der Waals surface area contributed by atoms with E-state index in [2.05, 4.69) is 41.1 Å². The van der Waals surface area contributed by atoms with Crippen molar-refractivity contribution in [3.05, 3.63) is 23.5 Å². The van der Waals surface area contributed by atoms with Crippen LogP contribution < -0.4 is 10.2 Å². The number of nitrogens with one attached hydrogen (secondary N) is 1. The molecule has 128 valence electrons. The summed E-state index contributed by atoms with van der Waals surface area (Å²) in [5.41, 5.74) is 3.25. The Morgan fingerprint density at radius 3 is 3.08 bits per heavy atom. The molecule has 2 aromatic rings. The van der Waals surface area contributed by atoms with Gasteiger partial charge in [0.05, 0.1) is 11.7 Å². The number of nitrogens with zero attached hydrogens (tertiary/aromatic N) is 5. The number of fused-ring (bicyclic) bond motifs is 1. The second-order valence-corrected chi connectivity index (χ2v) is 7.13. The van der Waals surface area contributed by atoms with E-state index in [-0.39, 0.29) is 0 Å². The monoisotopic (exact) mass is 326 g/mol. The van der Waals surface area contributed by atoms with Crippen molar-refractivity contribution in [3.63, 3.8) is 0 Å². The van der Waals surface area contributed by atoms with E-state index in [0.29, 0.717) is 12.0 Å². The van der Waals surface area contributed by atoms with Crippen molar-refractivity contribution in [1.82, 2.24) is 19.9 Å². The van der Waals surface area contributed by atoms with Crippen LogP contribution in [-0.2, 0) is 0 Å². The minimum absolute atomic E-state index is 0.374. The lowest BCUT2D eigenvalue weighted by molar-refractivity contribution is 0.404. The molecule has 24 heavy (non-hydrogen) atoms. The molecule has 2 saturated heterocycles. The lowest BCUT2D eigenvalue weighted by Gasteiger charge is -2.21. The molecule has 6 nitrogen and oxygen atoms in total. The van der Waals surface area contributed by atoms with Crippen molar-refractivity contribution in [2.24, 2.45) is 10.9 Å². The van der Waals surface area contributed by atoms with Gasteiger partial charge < -0.3 is 15.2 Å². The summed E-state index contributed by atoms with van der Waals surface area (Å²) < 4.78 is 1.93. The SMILES string of the molecule is C=NCC1CCN(c2nc3cc(C4CCCCN4)nn3cc2C)C1. The second-order valence-electron chi connectivity index (χ2n) is 7.13. The molecule has 2 aliphatic rings. The minimum atomic E-state index is 0.374. The molecule has 2 aromatic heterocycles. The van der Waals surface area contributed by atoms with Gasteiger partial charge in [-0.3, -0.25) is 0 Å². The number of piperidine rings is 1. The van der Waals surface area contributed by atoms with Crippen LogP contribution in [0, 0.1) is 12.8 Å². The van der Waals surface area contributed by atoms with Gasteiger partial charge in [0.15, 0.2) is 5.65 Å². The number of hydrogen-bond acceptors (Lipinski definition) is 5. The standard InChI is InChI=1S/C18H26N6/c1-13-11-24-17(9-16(22-24)15-5-3-4-7-20-15)21-18(13)23-8-6-14(12-23)10-19-2/h9,11,14-15,20H,2-8,10,12H2,1H3. The van der Waals surface area contributed by atoms with E-state index in [4.69, 9.17) is 10.1 Å². The largest absolute Gasteiger partial charge is 0.356 e. The van der Waals surface area contributed by atoms with Crippen LogP contribution in [0.15, 0.2) is 17.3 Å². The van der Waals surface area contributed by atoms with E-state index in [9.17, 15) is 0 Å². The number of aliphatic imine (C=N–C) groups is 1. The van der Waals surface area contributed by atoms with Gasteiger partial charge >= 0.3 is 0 Å². The van der Waals surface area contributed by atoms with E-state index in [1.165, 1.54) is 24.8 Å². The summed E-state index contributed by atoms with van der Waals surface area (Å²) in [6, 6.07) is 2.52. The molecule has 0 amide bonds. The fraction of sp³-hybridized carbons (Fsp3) is 0.611. The smallest absolute Gasteiger partial charge is 0.157 e. The first-order valence-corrected chi connectivity index (χ1v) is 9.02. The maximum absolute atomic E-state index is 4.92. The minimum Gasteiger partial charge on any atom is -0.356 e. The molecule has 0 bridgehead atoms. The van der Waals surface area contributed by atoms with Crippen LogP contribution in [0.3, 0.4) is 0 Å². The Labute approximate surface area is 143 Å². The number of hydrogen-bond donors (Lipinski definition) is 1. The zero-order chi connectivity index (χ0) is 16.5. The first-order valence-electron chi connectivity index (χ1n) is 9.02. The third-order valence-corrected chi connectivity index (χ3v) is 5.26. The van der Waals surface area contributed by atoms with Gasteiger partial charge in [-0.15, -0.1) is 0 Å². The quantitative estimate of drug-likeness (QED) is 0.877. The molecular formula is C18H26N6. The van der Waals surface area contributed by atoms with E-state index in [0.717, 1.165) is 49.8 Å². The normalized spacial score (nSPS) is 24.6. The molecule has 1 N–H and O–H groups in total. The Hall–Kier alpha value is -1.95. The molecule has 0 spiro atoms. The number of rotatable bonds is 4. The van der Waals surface area contributed by atoms with Gasteiger partial charge in [0, 0.05) is 37.5 Å². The van der Waals surface area contributed by atoms with Crippen LogP contribution in [0.1, 0.15) is 43.0 Å². The number of aryl methyl sites for hydroxylation is 1. The highest BCUT2D eigenvalue weighted by atomic mass is 15.3. The van der Waals surface area contributed by atoms with Crippen molar-refractivity contribution >= 4 is 18.2 Å². The molecule has 0 aliphatic carbocycles. The van der Waals surface area contributed by atoms with Gasteiger partial charge in [-0.25, -0.2) is 9.50 Å². The Morgan fingerprint density at radius 2 is 2.29 bits per heavy atom. The summed E-state index contributed by atoms with van der Waals surface area (Å²) in [5, 5.41) is 8.33. The highest BCUT2D eigenvalue weighted by Crippen LogP contribution is 2.27. The molecule has 0 radical (unpaired) electrons. The zero-order valence-corrected chi connectivity index (χ0v) is 14.4. The van der Waals surface area contributed by atoms with Crippen LogP contribution in [0.25, 0.3) is 5.65 Å². The van der Waals surface area contributed by atoms with E-state index >= 15 is 0 Å². The van der Waals surface area contributed by atoms with Crippen molar-refractivity contribution < 1.29 is 0 Å². The van der Waals surface area contributed by atoms with Crippen molar-refractivity contribution in [3.8, 4) is 0 Å². The Morgan fingerprint density at radius 1 is 1.38 bits per heavy atom. The third kappa shape index (κ3) is 2.90. The van der Waals surface area contributed by atoms with Gasteiger partial charge in [0.1, 0.15) is 5.82 Å². The summed E-state index contributed by atoms with van der Waals surface area (Å²) in [5.74, 6) is 1.70. The van der Waals surface area contributed by atoms with Gasteiger partial charge in [-0.1, -0.05) is 6.42 Å². The van der Waals surface area contributed by atoms with Crippen molar-refractivity contribution in [2.45, 2.75) is 38.6 Å². The Bertz CT molecular complexity index is 730. The molecule has 6 heteroatoms. The lowest BCUT2D eigenvalue weighted by atomic mass is 10.0. The fourth-order valence-electron chi connectivity index (χ4n) is 3.97. The van der Waals surface area contributed by atoms with Gasteiger partial charge in [-0.2, -0.15) is 5.10 Å². The number of aromatic nitrogens is 3. The average molecular weight is 326 g/mol. The average Bonchev–Trinajstić information content (AvgIpc) is 3.22. The summed E-state index contributed by atoms with van der Waals surface area (Å²) in [6.07, 6.45) is 6.99. The highest BCUT2D eigenvalue weighted by molar-refractivity contribution is 5.54. The predicted octanol–water partition coefficient (Wildman–Crippen LogP) is 2.38. The van der Waals surface area contributed by atoms with Crippen LogP contribution in [0.4, 0.5) is 5.82 Å². The molecule has 2 fully saturated rings. The Balaban J connectivity index is 1.60. The lowest BCUT2D eigenvalue weighted by Crippen LogP contribution is -2.27. The van der Waals surface area contributed by atoms with Crippen molar-refractivity contribution in [2.75, 3.05) is 31.1 Å². The molecule has 2 aliphatic heterocycles. The van der Waals surface area contributed by atoms with Gasteiger partial charge in [0.2, 0.25) is 0 Å². The first kappa shape index (κ1) is 15.6. The summed E-state index contributed by atoms with van der Waals surface area (Å²) in [7, 11) is 0. The summed E-state index contributed by atoms with van der Waals surface area (Å²) in [4.78, 5) is 11.4. The van der Waals surface area contributed by atoms with E-state index in [1.54, 1.807) is 0 Å². The number of anilines is 1. The summed E-state index contributed by atoms with van der Waals surface area (Å²) >= 11 is 0. The third-order valence-electron chi connectivity index (χ3n) is 5.26. The van der Waals surface area contributed by atoms with Crippen molar-refractivity contribution in [1.29, 1.82) is 0 Å². The van der Waals surface area contributed by atoms with Gasteiger partial charge in [0.25, 0.3) is 0 Å². The van der Waals surface area contributed by atoms with Crippen LogP contribution in [0.5, 0.6) is 0 Å². The topological polar surface area (TPSA) is 57.8 Å². The van der Waals surface area contributed by atoms with Gasteiger partial charge in [-0.05, 0) is 45.4 Å². The maximum Gasteiger partial charge on any atom is 0.157 e. The molecule has 2 unspecified atom stereocenters. The molecule has 0 saturated carbocycles. The maximum atomic E-state index is 4.92. The molecule has 4 heterocycles. The molecule has 2 atom stereocenters. The first-order chi connectivity index (χ1) is 11.7. The van der Waals surface area contributed by atoms with Crippen LogP contribution >= 0.6 is 0 Å². The molecule has 0 aromatic carbocycles.